The van der Waals surface area contributed by atoms with E-state index in [1.807, 2.05) is 35.2 Å². The fraction of sp³-hybridized carbons (Fsp3) is 0.375. The molecule has 0 aliphatic heterocycles. The lowest BCUT2D eigenvalue weighted by atomic mass is 10.1. The lowest BCUT2D eigenvalue weighted by molar-refractivity contribution is 0.0761. The maximum Gasteiger partial charge on any atom is 0.266 e. The fourth-order valence-corrected chi connectivity index (χ4v) is 3.09. The van der Waals surface area contributed by atoms with Crippen LogP contribution in [0.15, 0.2) is 30.3 Å². The summed E-state index contributed by atoms with van der Waals surface area (Å²) in [4.78, 5) is 19.7. The minimum atomic E-state index is 0.0340. The number of amides is 1. The quantitative estimate of drug-likeness (QED) is 0.886. The highest BCUT2D eigenvalue weighted by Crippen LogP contribution is 2.30. The molecular weight excluding hydrogens is 282 g/mol. The fourth-order valence-electron chi connectivity index (χ4n) is 2.27. The van der Waals surface area contributed by atoms with Gasteiger partial charge in [-0.3, -0.25) is 4.79 Å². The summed E-state index contributed by atoms with van der Waals surface area (Å²) < 4.78 is 0. The number of anilines is 1. The molecule has 0 aliphatic carbocycles. The third-order valence-corrected chi connectivity index (χ3v) is 4.03. The van der Waals surface area contributed by atoms with Crippen molar-refractivity contribution in [2.24, 2.45) is 0 Å². The maximum absolute atomic E-state index is 12.8. The van der Waals surface area contributed by atoms with Crippen molar-refractivity contribution in [3.63, 3.8) is 0 Å². The molecule has 1 amide bonds. The van der Waals surface area contributed by atoms with Gasteiger partial charge in [0.15, 0.2) is 5.13 Å². The van der Waals surface area contributed by atoms with Crippen LogP contribution in [0.5, 0.6) is 0 Å². The number of thiazole rings is 1. The van der Waals surface area contributed by atoms with E-state index in [0.29, 0.717) is 15.7 Å². The van der Waals surface area contributed by atoms with Crippen molar-refractivity contribution in [2.45, 2.75) is 26.7 Å². The molecule has 0 spiro atoms. The highest BCUT2D eigenvalue weighted by atomic mass is 32.1. The van der Waals surface area contributed by atoms with Gasteiger partial charge in [-0.05, 0) is 12.8 Å². The molecule has 1 aromatic heterocycles. The summed E-state index contributed by atoms with van der Waals surface area (Å²) in [5.41, 5.74) is 7.47. The first-order valence-corrected chi connectivity index (χ1v) is 8.10. The van der Waals surface area contributed by atoms with Crippen LogP contribution in [-0.4, -0.2) is 28.9 Å². The molecule has 0 atom stereocenters. The second-order valence-electron chi connectivity index (χ2n) is 4.89. The van der Waals surface area contributed by atoms with Crippen LogP contribution in [0, 0.1) is 0 Å². The topological polar surface area (TPSA) is 59.2 Å². The van der Waals surface area contributed by atoms with E-state index < -0.39 is 0 Å². The number of aromatic nitrogens is 1. The minimum absolute atomic E-state index is 0.0340. The molecule has 0 fully saturated rings. The molecule has 0 unspecified atom stereocenters. The number of rotatable bonds is 6. The van der Waals surface area contributed by atoms with Crippen LogP contribution in [0.4, 0.5) is 5.13 Å². The van der Waals surface area contributed by atoms with E-state index in [1.165, 1.54) is 11.3 Å². The van der Waals surface area contributed by atoms with Gasteiger partial charge in [-0.25, -0.2) is 4.98 Å². The number of benzene rings is 1. The molecular formula is C16H21N3OS. The van der Waals surface area contributed by atoms with E-state index in [2.05, 4.69) is 18.8 Å². The first-order valence-electron chi connectivity index (χ1n) is 7.28. The van der Waals surface area contributed by atoms with Crippen molar-refractivity contribution in [1.82, 2.24) is 9.88 Å². The average molecular weight is 303 g/mol. The van der Waals surface area contributed by atoms with E-state index in [4.69, 9.17) is 5.73 Å². The summed E-state index contributed by atoms with van der Waals surface area (Å²) in [6.45, 7) is 5.68. The van der Waals surface area contributed by atoms with Crippen LogP contribution in [0.3, 0.4) is 0 Å². The van der Waals surface area contributed by atoms with Crippen molar-refractivity contribution < 1.29 is 4.79 Å². The Labute approximate surface area is 129 Å². The van der Waals surface area contributed by atoms with Crippen molar-refractivity contribution in [2.75, 3.05) is 18.8 Å². The molecule has 112 valence electrons. The van der Waals surface area contributed by atoms with E-state index in [9.17, 15) is 4.79 Å². The molecule has 0 radical (unpaired) electrons. The van der Waals surface area contributed by atoms with Gasteiger partial charge in [-0.15, -0.1) is 0 Å². The summed E-state index contributed by atoms with van der Waals surface area (Å²) in [5, 5.41) is 0.435. The molecule has 2 aromatic rings. The van der Waals surface area contributed by atoms with Gasteiger partial charge >= 0.3 is 0 Å². The molecule has 0 saturated heterocycles. The number of carbonyl (C=O) groups is 1. The maximum atomic E-state index is 12.8. The monoisotopic (exact) mass is 303 g/mol. The van der Waals surface area contributed by atoms with Gasteiger partial charge in [0.25, 0.3) is 5.91 Å². The molecule has 2 N–H and O–H groups in total. The molecule has 0 aliphatic rings. The lowest BCUT2D eigenvalue weighted by Crippen LogP contribution is -2.32. The van der Waals surface area contributed by atoms with Crippen molar-refractivity contribution in [3.05, 3.63) is 35.2 Å². The zero-order valence-electron chi connectivity index (χ0n) is 12.5. The molecule has 1 heterocycles. The molecule has 2 rings (SSSR count). The Morgan fingerprint density at radius 3 is 2.38 bits per heavy atom. The normalized spacial score (nSPS) is 10.6. The number of nitrogens with zero attached hydrogens (tertiary/aromatic N) is 2. The number of hydrogen-bond acceptors (Lipinski definition) is 4. The highest BCUT2D eigenvalue weighted by molar-refractivity contribution is 7.17. The zero-order valence-corrected chi connectivity index (χ0v) is 13.3. The Balaban J connectivity index is 2.37. The van der Waals surface area contributed by atoms with Crippen molar-refractivity contribution >= 4 is 22.4 Å². The van der Waals surface area contributed by atoms with Crippen LogP contribution in [0.25, 0.3) is 11.3 Å². The van der Waals surface area contributed by atoms with E-state index in [0.717, 1.165) is 31.5 Å². The van der Waals surface area contributed by atoms with Crippen LogP contribution in [0.1, 0.15) is 36.4 Å². The van der Waals surface area contributed by atoms with Gasteiger partial charge in [0.05, 0.1) is 5.69 Å². The largest absolute Gasteiger partial charge is 0.375 e. The Kier molecular flexibility index (Phi) is 5.33. The summed E-state index contributed by atoms with van der Waals surface area (Å²) in [5.74, 6) is 0.0340. The number of nitrogens with two attached hydrogens (primary N) is 1. The van der Waals surface area contributed by atoms with Crippen LogP contribution >= 0.6 is 11.3 Å². The first kappa shape index (κ1) is 15.5. The van der Waals surface area contributed by atoms with Crippen molar-refractivity contribution in [3.8, 4) is 11.3 Å². The van der Waals surface area contributed by atoms with E-state index in [1.54, 1.807) is 0 Å². The highest BCUT2D eigenvalue weighted by Gasteiger charge is 2.22. The standard InChI is InChI=1S/C16H21N3OS/c1-3-10-19(11-4-2)15(20)14-13(18-16(17)21-14)12-8-6-5-7-9-12/h5-9H,3-4,10-11H2,1-2H3,(H2,17,18). The van der Waals surface area contributed by atoms with E-state index >= 15 is 0 Å². The Morgan fingerprint density at radius 1 is 1.19 bits per heavy atom. The molecule has 5 heteroatoms. The Bertz CT molecular complexity index is 589. The molecule has 1 aromatic carbocycles. The number of hydrogen-bond donors (Lipinski definition) is 1. The van der Waals surface area contributed by atoms with Crippen LogP contribution in [0.2, 0.25) is 0 Å². The molecule has 0 bridgehead atoms. The summed E-state index contributed by atoms with van der Waals surface area (Å²) in [6.07, 6.45) is 1.89. The van der Waals surface area contributed by atoms with Gasteiger partial charge in [0, 0.05) is 18.7 Å². The number of carbonyl (C=O) groups excluding carboxylic acids is 1. The third kappa shape index (κ3) is 3.61. The Hall–Kier alpha value is -1.88. The van der Waals surface area contributed by atoms with E-state index in [-0.39, 0.29) is 5.91 Å². The average Bonchev–Trinajstić information content (AvgIpc) is 2.89. The predicted molar refractivity (Wildman–Crippen MR) is 88.4 cm³/mol. The molecule has 4 nitrogen and oxygen atoms in total. The second-order valence-corrected chi connectivity index (χ2v) is 5.92. The number of nitrogen functional groups attached to an aromatic ring is 1. The van der Waals surface area contributed by atoms with Crippen LogP contribution in [-0.2, 0) is 0 Å². The first-order chi connectivity index (χ1) is 10.2. The molecule has 0 saturated carbocycles. The SMILES string of the molecule is CCCN(CCC)C(=O)c1sc(N)nc1-c1ccccc1. The zero-order chi connectivity index (χ0) is 15.2. The minimum Gasteiger partial charge on any atom is -0.375 e. The van der Waals surface area contributed by atoms with Crippen LogP contribution < -0.4 is 5.73 Å². The molecule has 21 heavy (non-hydrogen) atoms. The van der Waals surface area contributed by atoms with Gasteiger partial charge in [0.1, 0.15) is 4.88 Å². The van der Waals surface area contributed by atoms with Gasteiger partial charge < -0.3 is 10.6 Å². The summed E-state index contributed by atoms with van der Waals surface area (Å²) in [6, 6.07) is 9.73. The smallest absolute Gasteiger partial charge is 0.266 e. The lowest BCUT2D eigenvalue weighted by Gasteiger charge is -2.21. The van der Waals surface area contributed by atoms with Crippen molar-refractivity contribution in [1.29, 1.82) is 0 Å². The summed E-state index contributed by atoms with van der Waals surface area (Å²) >= 11 is 1.27. The third-order valence-electron chi connectivity index (χ3n) is 3.16. The Morgan fingerprint density at radius 2 is 1.81 bits per heavy atom. The van der Waals surface area contributed by atoms with Gasteiger partial charge in [-0.2, -0.15) is 0 Å². The predicted octanol–water partition coefficient (Wildman–Crippen LogP) is 3.65. The van der Waals surface area contributed by atoms with Gasteiger partial charge in [-0.1, -0.05) is 55.5 Å². The van der Waals surface area contributed by atoms with Gasteiger partial charge in [0.2, 0.25) is 0 Å². The summed E-state index contributed by atoms with van der Waals surface area (Å²) in [7, 11) is 0. The second kappa shape index (κ2) is 7.22.